The molecule has 2 aliphatic carbocycles. The highest BCUT2D eigenvalue weighted by atomic mass is 16.5. The van der Waals surface area contributed by atoms with Gasteiger partial charge in [-0.1, -0.05) is 25.3 Å². The lowest BCUT2D eigenvalue weighted by atomic mass is 9.93. The lowest BCUT2D eigenvalue weighted by Crippen LogP contribution is -2.52. The number of hydrogen-bond acceptors (Lipinski definition) is 4. The third-order valence-corrected chi connectivity index (χ3v) is 7.04. The fraction of sp³-hybridized carbons (Fsp3) is 0.652. The number of aliphatic imine (C=N–C) groups is 1. The predicted molar refractivity (Wildman–Crippen MR) is 115 cm³/mol. The minimum atomic E-state index is -0.379. The number of amides is 2. The van der Waals surface area contributed by atoms with Crippen molar-refractivity contribution in [1.29, 1.82) is 0 Å². The first-order valence-corrected chi connectivity index (χ1v) is 11.2. The van der Waals surface area contributed by atoms with Gasteiger partial charge in [-0.3, -0.25) is 15.2 Å². The largest absolute Gasteiger partial charge is 0.497 e. The Morgan fingerprint density at radius 2 is 2.03 bits per heavy atom. The third kappa shape index (κ3) is 3.63. The van der Waals surface area contributed by atoms with Crippen LogP contribution in [0.3, 0.4) is 0 Å². The van der Waals surface area contributed by atoms with E-state index in [0.717, 1.165) is 62.1 Å². The molecule has 0 aromatic heterocycles. The van der Waals surface area contributed by atoms with Crippen molar-refractivity contribution in [1.82, 2.24) is 10.2 Å². The molecule has 1 atom stereocenters. The summed E-state index contributed by atoms with van der Waals surface area (Å²) in [5, 5.41) is 3.18. The van der Waals surface area contributed by atoms with Crippen molar-refractivity contribution in [2.24, 2.45) is 10.9 Å². The summed E-state index contributed by atoms with van der Waals surface area (Å²) in [6, 6.07) is 8.16. The van der Waals surface area contributed by atoms with Crippen LogP contribution >= 0.6 is 0 Å². The molecule has 1 unspecified atom stereocenters. The zero-order chi connectivity index (χ0) is 19.8. The maximum Gasteiger partial charge on any atom is 0.328 e. The second-order valence-corrected chi connectivity index (χ2v) is 9.20. The third-order valence-electron chi connectivity index (χ3n) is 7.04. The average molecular weight is 397 g/mol. The van der Waals surface area contributed by atoms with Crippen molar-refractivity contribution >= 4 is 17.6 Å². The minimum Gasteiger partial charge on any atom is -0.497 e. The molecule has 2 heterocycles. The summed E-state index contributed by atoms with van der Waals surface area (Å²) >= 11 is 0. The number of ether oxygens (including phenoxy) is 1. The maximum atomic E-state index is 13.2. The summed E-state index contributed by atoms with van der Waals surface area (Å²) in [7, 11) is 1.67. The van der Waals surface area contributed by atoms with Crippen LogP contribution in [0.15, 0.2) is 29.3 Å². The van der Waals surface area contributed by atoms with Gasteiger partial charge in [-0.05, 0) is 50.2 Å². The van der Waals surface area contributed by atoms with Gasteiger partial charge in [0.05, 0.1) is 18.8 Å². The average Bonchev–Trinajstić information content (AvgIpc) is 3.40. The summed E-state index contributed by atoms with van der Waals surface area (Å²) in [4.78, 5) is 22.9. The molecular weight excluding hydrogens is 364 g/mol. The van der Waals surface area contributed by atoms with Crippen LogP contribution < -0.4 is 15.0 Å². The van der Waals surface area contributed by atoms with Gasteiger partial charge in [-0.15, -0.1) is 0 Å². The standard InChI is InChI=1S/C23H32N4O2/c1-29-20-9-5-8-19(14-20)27-22(28)25-21(24-18-6-3-2-4-7-18)23(27)12-13-26(16-23)15-17-10-11-17/h5,8-9,14,17-18H,2-4,6-7,10-13,15-16H2,1H3,(H,24,25,28). The molecule has 29 heavy (non-hydrogen) atoms. The molecule has 2 saturated carbocycles. The number of nitrogens with one attached hydrogen (secondary N) is 1. The molecule has 2 amide bonds. The summed E-state index contributed by atoms with van der Waals surface area (Å²) < 4.78 is 5.43. The van der Waals surface area contributed by atoms with Gasteiger partial charge >= 0.3 is 6.03 Å². The van der Waals surface area contributed by atoms with Gasteiger partial charge in [0.1, 0.15) is 17.1 Å². The van der Waals surface area contributed by atoms with E-state index in [4.69, 9.17) is 9.73 Å². The van der Waals surface area contributed by atoms with Gasteiger partial charge in [0, 0.05) is 25.7 Å². The maximum absolute atomic E-state index is 13.2. The van der Waals surface area contributed by atoms with Gasteiger partial charge in [0.25, 0.3) is 0 Å². The van der Waals surface area contributed by atoms with Crippen LogP contribution in [0.4, 0.5) is 10.5 Å². The number of carbonyl (C=O) groups is 1. The highest BCUT2D eigenvalue weighted by Crippen LogP contribution is 2.40. The number of amidine groups is 1. The van der Waals surface area contributed by atoms with Crippen LogP contribution in [0.2, 0.25) is 0 Å². The summed E-state index contributed by atoms with van der Waals surface area (Å²) in [5.41, 5.74) is 0.513. The van der Waals surface area contributed by atoms with Gasteiger partial charge in [0.15, 0.2) is 0 Å². The quantitative estimate of drug-likeness (QED) is 0.823. The first kappa shape index (κ1) is 18.9. The smallest absolute Gasteiger partial charge is 0.328 e. The molecule has 0 bridgehead atoms. The number of likely N-dealkylation sites (tertiary alicyclic amines) is 1. The summed E-state index contributed by atoms with van der Waals surface area (Å²) in [6.45, 7) is 3.04. The lowest BCUT2D eigenvalue weighted by molar-refractivity contribution is 0.250. The number of nitrogens with zero attached hydrogens (tertiary/aromatic N) is 3. The molecule has 4 fully saturated rings. The molecule has 1 spiro atoms. The highest BCUT2D eigenvalue weighted by Gasteiger charge is 2.55. The summed E-state index contributed by atoms with van der Waals surface area (Å²) in [5.74, 6) is 2.52. The van der Waals surface area contributed by atoms with E-state index >= 15 is 0 Å². The molecule has 5 rings (SSSR count). The van der Waals surface area contributed by atoms with Crippen LogP contribution in [0, 0.1) is 5.92 Å². The molecule has 1 N–H and O–H groups in total. The molecule has 2 saturated heterocycles. The van der Waals surface area contributed by atoms with Crippen molar-refractivity contribution in [3.8, 4) is 5.75 Å². The van der Waals surface area contributed by atoms with E-state index in [1.165, 1.54) is 32.1 Å². The molecule has 2 aliphatic heterocycles. The number of anilines is 1. The molecule has 0 radical (unpaired) electrons. The Labute approximate surface area is 173 Å². The lowest BCUT2D eigenvalue weighted by Gasteiger charge is -2.34. The zero-order valence-electron chi connectivity index (χ0n) is 17.4. The van der Waals surface area contributed by atoms with Crippen LogP contribution in [0.1, 0.15) is 51.4 Å². The van der Waals surface area contributed by atoms with Crippen molar-refractivity contribution in [2.45, 2.75) is 62.9 Å². The van der Waals surface area contributed by atoms with E-state index in [1.807, 2.05) is 29.2 Å². The Balaban J connectivity index is 1.50. The normalized spacial score (nSPS) is 29.8. The fourth-order valence-corrected chi connectivity index (χ4v) is 5.30. The molecule has 6 heteroatoms. The highest BCUT2D eigenvalue weighted by molar-refractivity contribution is 6.19. The van der Waals surface area contributed by atoms with E-state index in [0.29, 0.717) is 6.04 Å². The van der Waals surface area contributed by atoms with Gasteiger partial charge in [0.2, 0.25) is 0 Å². The zero-order valence-corrected chi connectivity index (χ0v) is 17.4. The summed E-state index contributed by atoms with van der Waals surface area (Å²) in [6.07, 6.45) is 9.71. The number of methoxy groups -OCH3 is 1. The first-order valence-electron chi connectivity index (χ1n) is 11.2. The van der Waals surface area contributed by atoms with E-state index < -0.39 is 0 Å². The number of rotatable bonds is 5. The Hall–Kier alpha value is -2.08. The Morgan fingerprint density at radius 3 is 2.79 bits per heavy atom. The molecule has 1 aromatic carbocycles. The Kier molecular flexibility index (Phi) is 4.98. The van der Waals surface area contributed by atoms with Crippen LogP contribution in [-0.2, 0) is 0 Å². The Morgan fingerprint density at radius 1 is 1.21 bits per heavy atom. The predicted octanol–water partition coefficient (Wildman–Crippen LogP) is 3.81. The van der Waals surface area contributed by atoms with Crippen LogP contribution in [0.25, 0.3) is 0 Å². The first-order chi connectivity index (χ1) is 14.2. The fourth-order valence-electron chi connectivity index (χ4n) is 5.30. The SMILES string of the molecule is COc1cccc(N2C(=O)NC(=NC3CCCCC3)C23CCN(CC2CC2)C3)c1. The van der Waals surface area contributed by atoms with E-state index in [1.54, 1.807) is 7.11 Å². The number of urea groups is 1. The number of benzene rings is 1. The molecule has 1 aromatic rings. The van der Waals surface area contributed by atoms with Crippen LogP contribution in [0.5, 0.6) is 5.75 Å². The molecular formula is C23H32N4O2. The van der Waals surface area contributed by atoms with Gasteiger partial charge < -0.3 is 9.64 Å². The van der Waals surface area contributed by atoms with Crippen molar-refractivity contribution < 1.29 is 9.53 Å². The van der Waals surface area contributed by atoms with Crippen molar-refractivity contribution in [2.75, 3.05) is 31.6 Å². The van der Waals surface area contributed by atoms with E-state index in [-0.39, 0.29) is 11.6 Å². The van der Waals surface area contributed by atoms with E-state index in [2.05, 4.69) is 10.2 Å². The molecule has 156 valence electrons. The van der Waals surface area contributed by atoms with Crippen molar-refractivity contribution in [3.63, 3.8) is 0 Å². The van der Waals surface area contributed by atoms with Crippen molar-refractivity contribution in [3.05, 3.63) is 24.3 Å². The second-order valence-electron chi connectivity index (χ2n) is 9.20. The van der Waals surface area contributed by atoms with Crippen LogP contribution in [-0.4, -0.2) is 55.1 Å². The minimum absolute atomic E-state index is 0.0546. The number of hydrogen-bond donors (Lipinski definition) is 1. The number of carbonyl (C=O) groups excluding carboxylic acids is 1. The van der Waals surface area contributed by atoms with E-state index in [9.17, 15) is 4.79 Å². The monoisotopic (exact) mass is 396 g/mol. The second kappa shape index (κ2) is 7.63. The van der Waals surface area contributed by atoms with Gasteiger partial charge in [-0.2, -0.15) is 0 Å². The van der Waals surface area contributed by atoms with Gasteiger partial charge in [-0.25, -0.2) is 4.79 Å². The molecule has 4 aliphatic rings. The Bertz CT molecular complexity index is 800. The topological polar surface area (TPSA) is 57.2 Å². The molecule has 6 nitrogen and oxygen atoms in total.